The molecule has 1 amide bonds. The number of nitrogens with zero attached hydrogens (tertiary/aromatic N) is 1. The van der Waals surface area contributed by atoms with Crippen LogP contribution in [0.4, 0.5) is 0 Å². The topological polar surface area (TPSA) is 66.5 Å². The summed E-state index contributed by atoms with van der Waals surface area (Å²) in [4.78, 5) is 13.8. The molecule has 0 spiro atoms. The van der Waals surface area contributed by atoms with Crippen molar-refractivity contribution in [1.29, 1.82) is 0 Å². The normalized spacial score (nSPS) is 20.3. The lowest BCUT2D eigenvalue weighted by atomic mass is 10.2. The zero-order valence-electron chi connectivity index (χ0n) is 12.2. The highest BCUT2D eigenvalue weighted by atomic mass is 35.5. The molecule has 0 aliphatic carbocycles. The third kappa shape index (κ3) is 5.12. The number of nitrogens with one attached hydrogen (secondary N) is 1. The molecule has 1 aromatic rings. The minimum Gasteiger partial charge on any atom is -0.351 e. The Morgan fingerprint density at radius 1 is 1.41 bits per heavy atom. The van der Waals surface area contributed by atoms with Crippen LogP contribution < -0.4 is 5.32 Å². The standard InChI is InChI=1S/C14H18Cl2N2O3S/c1-18(7-10-2-3-11(15)6-13(10)16)8-14(19)17-12-4-5-22(20,21)9-12/h2-3,6,12H,4-5,7-9H2,1H3,(H,17,19)/t12-/m1/s1. The van der Waals surface area contributed by atoms with E-state index in [-0.39, 0.29) is 30.0 Å². The Hall–Kier alpha value is -0.820. The van der Waals surface area contributed by atoms with Gasteiger partial charge in [-0.25, -0.2) is 8.42 Å². The Morgan fingerprint density at radius 2 is 2.14 bits per heavy atom. The van der Waals surface area contributed by atoms with E-state index in [4.69, 9.17) is 23.2 Å². The van der Waals surface area contributed by atoms with E-state index in [9.17, 15) is 13.2 Å². The van der Waals surface area contributed by atoms with Crippen molar-refractivity contribution in [3.63, 3.8) is 0 Å². The number of carbonyl (C=O) groups excluding carboxylic acids is 1. The van der Waals surface area contributed by atoms with Crippen LogP contribution in [0.25, 0.3) is 0 Å². The maximum absolute atomic E-state index is 11.9. The molecule has 1 fully saturated rings. The molecule has 1 N–H and O–H groups in total. The smallest absolute Gasteiger partial charge is 0.234 e. The van der Waals surface area contributed by atoms with Crippen molar-refractivity contribution in [3.05, 3.63) is 33.8 Å². The average Bonchev–Trinajstić information content (AvgIpc) is 2.71. The summed E-state index contributed by atoms with van der Waals surface area (Å²) in [6.45, 7) is 0.682. The Bertz CT molecular complexity index is 664. The van der Waals surface area contributed by atoms with Crippen LogP contribution in [-0.2, 0) is 21.2 Å². The van der Waals surface area contributed by atoms with Gasteiger partial charge in [-0.15, -0.1) is 0 Å². The Morgan fingerprint density at radius 3 is 2.73 bits per heavy atom. The molecule has 2 rings (SSSR count). The van der Waals surface area contributed by atoms with Crippen LogP contribution in [0.15, 0.2) is 18.2 Å². The molecule has 22 heavy (non-hydrogen) atoms. The van der Waals surface area contributed by atoms with Crippen LogP contribution in [0.1, 0.15) is 12.0 Å². The van der Waals surface area contributed by atoms with Crippen LogP contribution in [0.5, 0.6) is 0 Å². The lowest BCUT2D eigenvalue weighted by molar-refractivity contribution is -0.122. The number of hydrogen-bond donors (Lipinski definition) is 1. The van der Waals surface area contributed by atoms with Crippen LogP contribution in [0.3, 0.4) is 0 Å². The molecule has 122 valence electrons. The highest BCUT2D eigenvalue weighted by molar-refractivity contribution is 7.91. The van der Waals surface area contributed by atoms with Gasteiger partial charge in [0.1, 0.15) is 0 Å². The number of amides is 1. The third-order valence-corrected chi connectivity index (χ3v) is 5.82. The SMILES string of the molecule is CN(CC(=O)N[C@@H]1CCS(=O)(=O)C1)Cc1ccc(Cl)cc1Cl. The average molecular weight is 365 g/mol. The summed E-state index contributed by atoms with van der Waals surface area (Å²) in [5, 5.41) is 3.88. The summed E-state index contributed by atoms with van der Waals surface area (Å²) in [6, 6.07) is 4.96. The van der Waals surface area contributed by atoms with E-state index in [0.29, 0.717) is 23.0 Å². The van der Waals surface area contributed by atoms with Crippen molar-refractivity contribution in [2.45, 2.75) is 19.0 Å². The molecule has 0 radical (unpaired) electrons. The minimum absolute atomic E-state index is 0.0332. The van der Waals surface area contributed by atoms with Gasteiger partial charge in [-0.1, -0.05) is 29.3 Å². The number of benzene rings is 1. The lowest BCUT2D eigenvalue weighted by Crippen LogP contribution is -2.41. The molecule has 5 nitrogen and oxygen atoms in total. The number of hydrogen-bond acceptors (Lipinski definition) is 4. The van der Waals surface area contributed by atoms with Gasteiger partial charge < -0.3 is 5.32 Å². The predicted molar refractivity (Wildman–Crippen MR) is 88.0 cm³/mol. The zero-order chi connectivity index (χ0) is 16.3. The summed E-state index contributed by atoms with van der Waals surface area (Å²) in [5.74, 6) is -0.00528. The predicted octanol–water partition coefficient (Wildman–Crippen LogP) is 1.73. The second-order valence-corrected chi connectivity index (χ2v) is 8.65. The zero-order valence-corrected chi connectivity index (χ0v) is 14.5. The van der Waals surface area contributed by atoms with Crippen LogP contribution in [0, 0.1) is 0 Å². The molecule has 0 unspecified atom stereocenters. The number of sulfone groups is 1. The number of rotatable bonds is 5. The Balaban J connectivity index is 1.84. The number of halogens is 2. The van der Waals surface area contributed by atoms with E-state index in [0.717, 1.165) is 5.56 Å². The second-order valence-electron chi connectivity index (χ2n) is 5.58. The highest BCUT2D eigenvalue weighted by Gasteiger charge is 2.28. The minimum atomic E-state index is -2.99. The van der Waals surface area contributed by atoms with Crippen molar-refractivity contribution in [1.82, 2.24) is 10.2 Å². The van der Waals surface area contributed by atoms with Crippen molar-refractivity contribution < 1.29 is 13.2 Å². The number of likely N-dealkylation sites (N-methyl/N-ethyl adjacent to an activating group) is 1. The van der Waals surface area contributed by atoms with Crippen molar-refractivity contribution >= 4 is 38.9 Å². The molecule has 1 aliphatic rings. The first-order valence-electron chi connectivity index (χ1n) is 6.87. The summed E-state index contributed by atoms with van der Waals surface area (Å²) in [5.41, 5.74) is 0.879. The van der Waals surface area contributed by atoms with Gasteiger partial charge in [0.15, 0.2) is 9.84 Å². The van der Waals surface area contributed by atoms with Crippen molar-refractivity contribution in [3.8, 4) is 0 Å². The first kappa shape index (κ1) is 17.5. The van der Waals surface area contributed by atoms with Crippen molar-refractivity contribution in [2.75, 3.05) is 25.1 Å². The van der Waals surface area contributed by atoms with E-state index < -0.39 is 9.84 Å². The summed E-state index contributed by atoms with van der Waals surface area (Å²) < 4.78 is 22.7. The van der Waals surface area contributed by atoms with Gasteiger partial charge in [-0.3, -0.25) is 9.69 Å². The van der Waals surface area contributed by atoms with Gasteiger partial charge in [0.2, 0.25) is 5.91 Å². The maximum Gasteiger partial charge on any atom is 0.234 e. The van der Waals surface area contributed by atoms with Gasteiger partial charge in [0.05, 0.1) is 18.1 Å². The molecule has 1 aliphatic heterocycles. The second kappa shape index (κ2) is 7.17. The fraction of sp³-hybridized carbons (Fsp3) is 0.500. The van der Waals surface area contributed by atoms with E-state index >= 15 is 0 Å². The molecule has 1 saturated heterocycles. The fourth-order valence-corrected chi connectivity index (χ4v) is 4.57. The molecule has 1 heterocycles. The summed E-state index contributed by atoms with van der Waals surface area (Å²) >= 11 is 11.9. The molecular formula is C14H18Cl2N2O3S. The van der Waals surface area contributed by atoms with Crippen molar-refractivity contribution in [2.24, 2.45) is 0 Å². The molecule has 1 atom stereocenters. The fourth-order valence-electron chi connectivity index (χ4n) is 2.42. The van der Waals surface area contributed by atoms with Gasteiger partial charge in [0, 0.05) is 22.6 Å². The van der Waals surface area contributed by atoms with Crippen LogP contribution >= 0.6 is 23.2 Å². The summed E-state index contributed by atoms with van der Waals surface area (Å²) in [7, 11) is -1.18. The lowest BCUT2D eigenvalue weighted by Gasteiger charge is -2.18. The van der Waals surface area contributed by atoms with Gasteiger partial charge >= 0.3 is 0 Å². The maximum atomic E-state index is 11.9. The Labute approximate surface area is 140 Å². The molecule has 8 heteroatoms. The monoisotopic (exact) mass is 364 g/mol. The largest absolute Gasteiger partial charge is 0.351 e. The first-order valence-corrected chi connectivity index (χ1v) is 9.45. The molecule has 1 aromatic carbocycles. The van der Waals surface area contributed by atoms with E-state index in [1.54, 1.807) is 19.2 Å². The number of carbonyl (C=O) groups is 1. The Kier molecular flexibility index (Phi) is 5.71. The van der Waals surface area contributed by atoms with E-state index in [1.165, 1.54) is 0 Å². The van der Waals surface area contributed by atoms with E-state index in [2.05, 4.69) is 5.32 Å². The molecular weight excluding hydrogens is 347 g/mol. The molecule has 0 bridgehead atoms. The van der Waals surface area contributed by atoms with Gasteiger partial charge in [-0.05, 0) is 31.2 Å². The van der Waals surface area contributed by atoms with Crippen LogP contribution in [0.2, 0.25) is 10.0 Å². The quantitative estimate of drug-likeness (QED) is 0.863. The van der Waals surface area contributed by atoms with Crippen LogP contribution in [-0.4, -0.2) is 50.4 Å². The summed E-state index contributed by atoms with van der Waals surface area (Å²) in [6.07, 6.45) is 0.487. The third-order valence-electron chi connectivity index (χ3n) is 3.47. The molecule has 0 saturated carbocycles. The first-order chi connectivity index (χ1) is 10.2. The van der Waals surface area contributed by atoms with Gasteiger partial charge in [0.25, 0.3) is 0 Å². The van der Waals surface area contributed by atoms with Gasteiger partial charge in [-0.2, -0.15) is 0 Å². The molecule has 0 aromatic heterocycles. The van der Waals surface area contributed by atoms with E-state index in [1.807, 2.05) is 11.0 Å². The highest BCUT2D eigenvalue weighted by Crippen LogP contribution is 2.21.